The number of carbonyl (C=O) groups is 1. The van der Waals surface area contributed by atoms with E-state index < -0.39 is 16.1 Å². The molecule has 0 saturated carbocycles. The van der Waals surface area contributed by atoms with Gasteiger partial charge in [0.15, 0.2) is 11.5 Å². The quantitative estimate of drug-likeness (QED) is 0.797. The van der Waals surface area contributed by atoms with E-state index in [1.807, 2.05) is 0 Å². The van der Waals surface area contributed by atoms with Gasteiger partial charge in [0.1, 0.15) is 0 Å². The molecule has 0 fully saturated rings. The number of nitrogens with one attached hydrogen (secondary N) is 1. The van der Waals surface area contributed by atoms with E-state index >= 15 is 0 Å². The maximum atomic E-state index is 12.2. The molecule has 1 amide bonds. The predicted molar refractivity (Wildman–Crippen MR) is 106 cm³/mol. The van der Waals surface area contributed by atoms with Crippen molar-refractivity contribution in [1.29, 1.82) is 0 Å². The number of hydrogen-bond donors (Lipinski definition) is 2. The molecule has 1 aliphatic rings. The molecule has 9 heteroatoms. The van der Waals surface area contributed by atoms with Crippen LogP contribution < -0.4 is 9.46 Å². The molecule has 28 heavy (non-hydrogen) atoms. The Bertz CT molecular complexity index is 1050. The lowest BCUT2D eigenvalue weighted by Crippen LogP contribution is -2.25. The van der Waals surface area contributed by atoms with Crippen LogP contribution in [-0.4, -0.2) is 43.5 Å². The normalized spacial score (nSPS) is 16.6. The van der Waals surface area contributed by atoms with Crippen LogP contribution in [0.3, 0.4) is 0 Å². The molecule has 148 valence electrons. The standard InChI is InChI=1S/C19H21N3O5S/c1-12(23)22-17(13-7-4-5-9-15(13)21-28(3,25)26)11-16(20-22)14-8-6-10-18(27-2)19(14)24/h4-10,17,21,24H,11H2,1-3H3/t17-/m0/s1. The van der Waals surface area contributed by atoms with Crippen LogP contribution in [0.2, 0.25) is 0 Å². The van der Waals surface area contributed by atoms with Crippen molar-refractivity contribution >= 4 is 27.3 Å². The minimum atomic E-state index is -3.50. The molecule has 0 bridgehead atoms. The number of hydrogen-bond acceptors (Lipinski definition) is 6. The van der Waals surface area contributed by atoms with E-state index in [4.69, 9.17) is 4.74 Å². The summed E-state index contributed by atoms with van der Waals surface area (Å²) in [5.41, 5.74) is 1.96. The lowest BCUT2D eigenvalue weighted by molar-refractivity contribution is -0.130. The number of benzene rings is 2. The number of hydrazone groups is 1. The minimum Gasteiger partial charge on any atom is -0.504 e. The number of rotatable bonds is 5. The minimum absolute atomic E-state index is 0.0598. The first-order valence-corrected chi connectivity index (χ1v) is 10.4. The monoisotopic (exact) mass is 403 g/mol. The number of phenolic OH excluding ortho intramolecular Hbond substituents is 1. The summed E-state index contributed by atoms with van der Waals surface area (Å²) in [4.78, 5) is 12.2. The summed E-state index contributed by atoms with van der Waals surface area (Å²) in [6.45, 7) is 1.39. The zero-order valence-electron chi connectivity index (χ0n) is 15.7. The van der Waals surface area contributed by atoms with Crippen molar-refractivity contribution in [2.24, 2.45) is 5.10 Å². The van der Waals surface area contributed by atoms with Crippen molar-refractivity contribution in [1.82, 2.24) is 5.01 Å². The fraction of sp³-hybridized carbons (Fsp3) is 0.263. The Morgan fingerprint density at radius 1 is 1.25 bits per heavy atom. The van der Waals surface area contributed by atoms with Gasteiger partial charge in [-0.05, 0) is 18.2 Å². The number of amides is 1. The second-order valence-corrected chi connectivity index (χ2v) is 8.20. The van der Waals surface area contributed by atoms with Crippen LogP contribution in [0, 0.1) is 0 Å². The van der Waals surface area contributed by atoms with E-state index in [0.29, 0.717) is 34.7 Å². The summed E-state index contributed by atoms with van der Waals surface area (Å²) in [5.74, 6) is -0.0517. The van der Waals surface area contributed by atoms with Crippen molar-refractivity contribution in [2.45, 2.75) is 19.4 Å². The number of carbonyl (C=O) groups excluding carboxylic acids is 1. The van der Waals surface area contributed by atoms with Crippen LogP contribution in [0.1, 0.15) is 30.5 Å². The van der Waals surface area contributed by atoms with Crippen LogP contribution in [-0.2, 0) is 14.8 Å². The number of methoxy groups -OCH3 is 1. The van der Waals surface area contributed by atoms with Gasteiger partial charge in [0, 0.05) is 24.5 Å². The van der Waals surface area contributed by atoms with Gasteiger partial charge in [-0.15, -0.1) is 0 Å². The average Bonchev–Trinajstić information content (AvgIpc) is 3.06. The molecular weight excluding hydrogens is 382 g/mol. The second kappa shape index (κ2) is 7.51. The molecule has 0 spiro atoms. The molecule has 2 N–H and O–H groups in total. The van der Waals surface area contributed by atoms with E-state index in [2.05, 4.69) is 9.82 Å². The number of phenols is 1. The maximum absolute atomic E-state index is 12.2. The van der Waals surface area contributed by atoms with Crippen LogP contribution in [0.15, 0.2) is 47.6 Å². The van der Waals surface area contributed by atoms with Crippen molar-refractivity contribution < 1.29 is 23.1 Å². The highest BCUT2D eigenvalue weighted by Gasteiger charge is 2.34. The van der Waals surface area contributed by atoms with Gasteiger partial charge in [0.25, 0.3) is 0 Å². The average molecular weight is 403 g/mol. The molecule has 0 radical (unpaired) electrons. The Labute approximate surface area is 163 Å². The van der Waals surface area contributed by atoms with E-state index in [0.717, 1.165) is 6.26 Å². The predicted octanol–water partition coefficient (Wildman–Crippen LogP) is 2.47. The lowest BCUT2D eigenvalue weighted by Gasteiger charge is -2.23. The summed E-state index contributed by atoms with van der Waals surface area (Å²) < 4.78 is 31.1. The van der Waals surface area contributed by atoms with Crippen molar-refractivity contribution in [3.8, 4) is 11.5 Å². The van der Waals surface area contributed by atoms with Gasteiger partial charge in [-0.1, -0.05) is 24.3 Å². The number of aromatic hydroxyl groups is 1. The Balaban J connectivity index is 2.03. The summed E-state index contributed by atoms with van der Waals surface area (Å²) in [6, 6.07) is 11.4. The number of para-hydroxylation sites is 2. The molecule has 0 aromatic heterocycles. The molecular formula is C19H21N3O5S. The van der Waals surface area contributed by atoms with E-state index in [1.54, 1.807) is 42.5 Å². The van der Waals surface area contributed by atoms with Crippen LogP contribution in [0.5, 0.6) is 11.5 Å². The number of ether oxygens (including phenoxy) is 1. The smallest absolute Gasteiger partial charge is 0.240 e. The molecule has 8 nitrogen and oxygen atoms in total. The highest BCUT2D eigenvalue weighted by molar-refractivity contribution is 7.92. The molecule has 0 unspecified atom stereocenters. The highest BCUT2D eigenvalue weighted by atomic mass is 32.2. The van der Waals surface area contributed by atoms with Crippen molar-refractivity contribution in [3.05, 3.63) is 53.6 Å². The fourth-order valence-corrected chi connectivity index (χ4v) is 3.79. The highest BCUT2D eigenvalue weighted by Crippen LogP contribution is 2.39. The van der Waals surface area contributed by atoms with Gasteiger partial charge < -0.3 is 9.84 Å². The Kier molecular flexibility index (Phi) is 5.28. The SMILES string of the molecule is COc1cccc(C2=NN(C(C)=O)[C@H](c3ccccc3NS(C)(=O)=O)C2)c1O. The third-order valence-corrected chi connectivity index (χ3v) is 4.97. The van der Waals surface area contributed by atoms with Crippen LogP contribution in [0.25, 0.3) is 0 Å². The van der Waals surface area contributed by atoms with Crippen molar-refractivity contribution in [2.75, 3.05) is 18.1 Å². The summed E-state index contributed by atoms with van der Waals surface area (Å²) in [5, 5.41) is 16.1. The number of anilines is 1. The van der Waals surface area contributed by atoms with Gasteiger partial charge >= 0.3 is 0 Å². The largest absolute Gasteiger partial charge is 0.504 e. The molecule has 2 aromatic rings. The zero-order valence-corrected chi connectivity index (χ0v) is 16.5. The molecule has 3 rings (SSSR count). The van der Waals surface area contributed by atoms with Crippen molar-refractivity contribution in [3.63, 3.8) is 0 Å². The van der Waals surface area contributed by atoms with Gasteiger partial charge in [-0.2, -0.15) is 5.10 Å². The first-order chi connectivity index (χ1) is 13.2. The van der Waals surface area contributed by atoms with Gasteiger partial charge in [0.05, 0.1) is 30.8 Å². The third-order valence-electron chi connectivity index (χ3n) is 4.38. The van der Waals surface area contributed by atoms with Crippen LogP contribution in [0.4, 0.5) is 5.69 Å². The molecule has 1 atom stereocenters. The first-order valence-electron chi connectivity index (χ1n) is 8.51. The molecule has 0 saturated heterocycles. The summed E-state index contributed by atoms with van der Waals surface area (Å²) in [6.07, 6.45) is 1.38. The number of nitrogens with zero attached hydrogens (tertiary/aromatic N) is 2. The Morgan fingerprint density at radius 3 is 2.61 bits per heavy atom. The molecule has 1 heterocycles. The van der Waals surface area contributed by atoms with Crippen LogP contribution >= 0.6 is 0 Å². The first kappa shape index (κ1) is 19.7. The third kappa shape index (κ3) is 3.94. The topological polar surface area (TPSA) is 108 Å². The number of sulfonamides is 1. The second-order valence-electron chi connectivity index (χ2n) is 6.45. The molecule has 2 aromatic carbocycles. The zero-order chi connectivity index (χ0) is 20.5. The van der Waals surface area contributed by atoms with Gasteiger partial charge in [0.2, 0.25) is 15.9 Å². The van der Waals surface area contributed by atoms with E-state index in [-0.39, 0.29) is 11.7 Å². The summed E-state index contributed by atoms with van der Waals surface area (Å²) in [7, 11) is -2.04. The fourth-order valence-electron chi connectivity index (χ4n) is 3.21. The maximum Gasteiger partial charge on any atom is 0.240 e. The van der Waals surface area contributed by atoms with E-state index in [9.17, 15) is 18.3 Å². The summed E-state index contributed by atoms with van der Waals surface area (Å²) >= 11 is 0. The van der Waals surface area contributed by atoms with E-state index in [1.165, 1.54) is 19.0 Å². The van der Waals surface area contributed by atoms with Gasteiger partial charge in [-0.3, -0.25) is 9.52 Å². The Hall–Kier alpha value is -3.07. The lowest BCUT2D eigenvalue weighted by atomic mass is 9.96. The molecule has 0 aliphatic carbocycles. The molecule has 1 aliphatic heterocycles. The Morgan fingerprint density at radius 2 is 1.96 bits per heavy atom. The van der Waals surface area contributed by atoms with Gasteiger partial charge in [-0.25, -0.2) is 13.4 Å².